The molecule has 7 heteroatoms. The Morgan fingerprint density at radius 2 is 1.78 bits per heavy atom. The second-order valence-electron chi connectivity index (χ2n) is 4.78. The van der Waals surface area contributed by atoms with Crippen molar-refractivity contribution < 1.29 is 13.2 Å². The van der Waals surface area contributed by atoms with Gasteiger partial charge in [-0.15, -0.1) is 0 Å². The van der Waals surface area contributed by atoms with Gasteiger partial charge in [0.2, 0.25) is 10.0 Å². The predicted molar refractivity (Wildman–Crippen MR) is 87.4 cm³/mol. The first kappa shape index (κ1) is 16.8. The van der Waals surface area contributed by atoms with Crippen LogP contribution in [0.3, 0.4) is 0 Å². The molecule has 23 heavy (non-hydrogen) atoms. The number of sulfonamides is 1. The van der Waals surface area contributed by atoms with Gasteiger partial charge in [-0.05, 0) is 48.9 Å². The van der Waals surface area contributed by atoms with Crippen LogP contribution in [-0.4, -0.2) is 15.0 Å². The molecule has 0 spiro atoms. The van der Waals surface area contributed by atoms with Crippen molar-refractivity contribution in [2.24, 2.45) is 5.14 Å². The standard InChI is InChI=1S/C16H17N3O3S/c1-2-22-14-7-3-12(4-8-14)16(11-17)19-13-5-9-15(10-6-13)23(18,20)21/h3-10,16,19H,2H2,1H3,(H2,18,20,21). The highest BCUT2D eigenvalue weighted by Crippen LogP contribution is 2.22. The van der Waals surface area contributed by atoms with Crippen LogP contribution in [0.5, 0.6) is 5.75 Å². The van der Waals surface area contributed by atoms with Crippen molar-refractivity contribution in [1.29, 1.82) is 5.26 Å². The Balaban J connectivity index is 2.14. The van der Waals surface area contributed by atoms with Crippen LogP contribution in [0.2, 0.25) is 0 Å². The van der Waals surface area contributed by atoms with Crippen molar-refractivity contribution in [3.63, 3.8) is 0 Å². The summed E-state index contributed by atoms with van der Waals surface area (Å²) in [5.74, 6) is 0.741. The van der Waals surface area contributed by atoms with Crippen molar-refractivity contribution in [3.05, 3.63) is 54.1 Å². The van der Waals surface area contributed by atoms with Gasteiger partial charge in [0.25, 0.3) is 0 Å². The molecule has 0 aliphatic heterocycles. The van der Waals surface area contributed by atoms with Gasteiger partial charge < -0.3 is 10.1 Å². The summed E-state index contributed by atoms with van der Waals surface area (Å²) in [5, 5.41) is 17.4. The number of nitrogens with one attached hydrogen (secondary N) is 1. The predicted octanol–water partition coefficient (Wildman–Crippen LogP) is 2.41. The molecule has 0 saturated carbocycles. The third-order valence-corrected chi connectivity index (χ3v) is 4.08. The smallest absolute Gasteiger partial charge is 0.238 e. The van der Waals surface area contributed by atoms with Crippen LogP contribution >= 0.6 is 0 Å². The zero-order chi connectivity index (χ0) is 16.9. The zero-order valence-corrected chi connectivity index (χ0v) is 13.4. The SMILES string of the molecule is CCOc1ccc(C(C#N)Nc2ccc(S(N)(=O)=O)cc2)cc1. The van der Waals surface area contributed by atoms with E-state index in [-0.39, 0.29) is 4.90 Å². The number of ether oxygens (including phenoxy) is 1. The van der Waals surface area contributed by atoms with Crippen molar-refractivity contribution in [3.8, 4) is 11.8 Å². The fraction of sp³-hybridized carbons (Fsp3) is 0.188. The van der Waals surface area contributed by atoms with E-state index < -0.39 is 16.1 Å². The first-order valence-corrected chi connectivity index (χ1v) is 8.50. The Labute approximate surface area is 135 Å². The van der Waals surface area contributed by atoms with Gasteiger partial charge in [-0.1, -0.05) is 12.1 Å². The number of nitrogens with two attached hydrogens (primary N) is 1. The molecule has 2 aromatic rings. The number of hydrogen-bond acceptors (Lipinski definition) is 5. The summed E-state index contributed by atoms with van der Waals surface area (Å²) >= 11 is 0. The molecule has 0 aromatic heterocycles. The number of anilines is 1. The lowest BCUT2D eigenvalue weighted by molar-refractivity contribution is 0.340. The summed E-state index contributed by atoms with van der Waals surface area (Å²) in [7, 11) is -3.72. The van der Waals surface area contributed by atoms with E-state index in [2.05, 4.69) is 11.4 Å². The number of benzene rings is 2. The minimum absolute atomic E-state index is 0.0256. The van der Waals surface area contributed by atoms with E-state index in [1.807, 2.05) is 19.1 Å². The van der Waals surface area contributed by atoms with E-state index >= 15 is 0 Å². The molecule has 1 atom stereocenters. The first-order valence-electron chi connectivity index (χ1n) is 6.96. The van der Waals surface area contributed by atoms with E-state index in [1.54, 1.807) is 24.3 Å². The fourth-order valence-electron chi connectivity index (χ4n) is 2.02. The maximum atomic E-state index is 11.2. The highest BCUT2D eigenvalue weighted by Gasteiger charge is 2.12. The van der Waals surface area contributed by atoms with Crippen molar-refractivity contribution in [1.82, 2.24) is 0 Å². The third-order valence-electron chi connectivity index (χ3n) is 3.15. The van der Waals surface area contributed by atoms with Crippen molar-refractivity contribution in [2.75, 3.05) is 11.9 Å². The normalized spacial score (nSPS) is 12.2. The molecular formula is C16H17N3O3S. The quantitative estimate of drug-likeness (QED) is 0.845. The topological polar surface area (TPSA) is 105 Å². The van der Waals surface area contributed by atoms with Crippen molar-refractivity contribution >= 4 is 15.7 Å². The molecule has 0 saturated heterocycles. The van der Waals surface area contributed by atoms with Gasteiger partial charge in [-0.2, -0.15) is 5.26 Å². The lowest BCUT2D eigenvalue weighted by Gasteiger charge is -2.14. The molecule has 120 valence electrons. The molecular weight excluding hydrogens is 314 g/mol. The highest BCUT2D eigenvalue weighted by atomic mass is 32.2. The number of nitriles is 1. The third kappa shape index (κ3) is 4.45. The summed E-state index contributed by atoms with van der Waals surface area (Å²) in [6.07, 6.45) is 0. The zero-order valence-electron chi connectivity index (χ0n) is 12.6. The molecule has 0 radical (unpaired) electrons. The largest absolute Gasteiger partial charge is 0.494 e. The summed E-state index contributed by atoms with van der Waals surface area (Å²) in [6.45, 7) is 2.48. The molecule has 0 aliphatic carbocycles. The maximum Gasteiger partial charge on any atom is 0.238 e. The number of primary sulfonamides is 1. The maximum absolute atomic E-state index is 11.2. The fourth-order valence-corrected chi connectivity index (χ4v) is 2.54. The molecule has 0 bridgehead atoms. The van der Waals surface area contributed by atoms with Crippen LogP contribution in [0.1, 0.15) is 18.5 Å². The monoisotopic (exact) mass is 331 g/mol. The molecule has 2 aromatic carbocycles. The Hall–Kier alpha value is -2.56. The molecule has 0 amide bonds. The molecule has 2 rings (SSSR count). The van der Waals surface area contributed by atoms with Crippen LogP contribution in [0.15, 0.2) is 53.4 Å². The second kappa shape index (κ2) is 7.13. The molecule has 0 heterocycles. The van der Waals surface area contributed by atoms with E-state index in [4.69, 9.17) is 9.88 Å². The van der Waals surface area contributed by atoms with E-state index in [9.17, 15) is 13.7 Å². The first-order chi connectivity index (χ1) is 10.9. The number of nitrogens with zero attached hydrogens (tertiary/aromatic N) is 1. The van der Waals surface area contributed by atoms with Crippen molar-refractivity contribution in [2.45, 2.75) is 17.9 Å². The molecule has 1 unspecified atom stereocenters. The van der Waals surface area contributed by atoms with Gasteiger partial charge in [0.05, 0.1) is 17.6 Å². The van der Waals surface area contributed by atoms with Gasteiger partial charge in [0, 0.05) is 5.69 Å². The summed E-state index contributed by atoms with van der Waals surface area (Å²) in [5.41, 5.74) is 1.41. The van der Waals surface area contributed by atoms with Gasteiger partial charge in [-0.3, -0.25) is 0 Å². The lowest BCUT2D eigenvalue weighted by Crippen LogP contribution is -2.12. The molecule has 3 N–H and O–H groups in total. The second-order valence-corrected chi connectivity index (χ2v) is 6.34. The van der Waals surface area contributed by atoms with Crippen LogP contribution in [0.25, 0.3) is 0 Å². The summed E-state index contributed by atoms with van der Waals surface area (Å²) in [4.78, 5) is 0.0256. The van der Waals surface area contributed by atoms with Gasteiger partial charge in [0.1, 0.15) is 11.8 Å². The minimum atomic E-state index is -3.72. The average Bonchev–Trinajstić information content (AvgIpc) is 2.53. The van der Waals surface area contributed by atoms with Gasteiger partial charge in [0.15, 0.2) is 0 Å². The molecule has 0 fully saturated rings. The lowest BCUT2D eigenvalue weighted by atomic mass is 10.1. The van der Waals surface area contributed by atoms with Crippen LogP contribution < -0.4 is 15.2 Å². The Morgan fingerprint density at radius 3 is 2.26 bits per heavy atom. The minimum Gasteiger partial charge on any atom is -0.494 e. The summed E-state index contributed by atoms with van der Waals surface area (Å²) in [6, 6.07) is 14.7. The summed E-state index contributed by atoms with van der Waals surface area (Å²) < 4.78 is 27.8. The van der Waals surface area contributed by atoms with Crippen LogP contribution in [-0.2, 0) is 10.0 Å². The van der Waals surface area contributed by atoms with E-state index in [1.165, 1.54) is 12.1 Å². The van der Waals surface area contributed by atoms with Gasteiger partial charge in [-0.25, -0.2) is 13.6 Å². The van der Waals surface area contributed by atoms with E-state index in [0.29, 0.717) is 12.3 Å². The Morgan fingerprint density at radius 1 is 1.17 bits per heavy atom. The van der Waals surface area contributed by atoms with Gasteiger partial charge >= 0.3 is 0 Å². The average molecular weight is 331 g/mol. The van der Waals surface area contributed by atoms with E-state index in [0.717, 1.165) is 11.3 Å². The number of rotatable bonds is 6. The van der Waals surface area contributed by atoms with Crippen LogP contribution in [0.4, 0.5) is 5.69 Å². The highest BCUT2D eigenvalue weighted by molar-refractivity contribution is 7.89. The molecule has 6 nitrogen and oxygen atoms in total. The van der Waals surface area contributed by atoms with Crippen LogP contribution in [0, 0.1) is 11.3 Å². The Bertz CT molecular complexity index is 794. The molecule has 0 aliphatic rings. The Kier molecular flexibility index (Phi) is 5.21. The number of hydrogen-bond donors (Lipinski definition) is 2.